The molecule has 142 valence electrons. The molecular weight excluding hydrogens is 328 g/mol. The molecule has 1 N–H and O–H groups in total. The van der Waals surface area contributed by atoms with Crippen LogP contribution in [0, 0.1) is 0 Å². The molecule has 0 aliphatic carbocycles. The Balaban J connectivity index is 1.53. The van der Waals surface area contributed by atoms with Gasteiger partial charge in [0.15, 0.2) is 0 Å². The molecule has 1 saturated heterocycles. The molecule has 1 aromatic carbocycles. The molecule has 3 rings (SSSR count). The largest absolute Gasteiger partial charge is 0.491 e. The molecule has 1 unspecified atom stereocenters. The van der Waals surface area contributed by atoms with E-state index in [4.69, 9.17) is 13.9 Å². The first kappa shape index (κ1) is 19.0. The zero-order valence-corrected chi connectivity index (χ0v) is 15.7. The van der Waals surface area contributed by atoms with Crippen molar-refractivity contribution in [2.75, 3.05) is 40.0 Å². The Morgan fingerprint density at radius 2 is 2.00 bits per heavy atom. The van der Waals surface area contributed by atoms with E-state index in [1.54, 1.807) is 13.4 Å². The summed E-state index contributed by atoms with van der Waals surface area (Å²) < 4.78 is 16.4. The summed E-state index contributed by atoms with van der Waals surface area (Å²) in [6.45, 7) is 5.16. The number of hydrogen-bond acceptors (Lipinski definition) is 5. The van der Waals surface area contributed by atoms with Crippen LogP contribution < -0.4 is 10.1 Å². The zero-order chi connectivity index (χ0) is 18.0. The van der Waals surface area contributed by atoms with Gasteiger partial charge in [0, 0.05) is 20.2 Å². The van der Waals surface area contributed by atoms with Gasteiger partial charge in [0.25, 0.3) is 0 Å². The molecule has 0 saturated carbocycles. The highest BCUT2D eigenvalue weighted by Gasteiger charge is 2.23. The lowest BCUT2D eigenvalue weighted by molar-refractivity contribution is 0.142. The molecular formula is C21H30N2O3. The second kappa shape index (κ2) is 10.4. The fourth-order valence-electron chi connectivity index (χ4n) is 3.46. The monoisotopic (exact) mass is 358 g/mol. The van der Waals surface area contributed by atoms with Crippen molar-refractivity contribution in [1.82, 2.24) is 10.2 Å². The Bertz CT molecular complexity index is 624. The van der Waals surface area contributed by atoms with Crippen LogP contribution in [0.2, 0.25) is 0 Å². The van der Waals surface area contributed by atoms with Crippen molar-refractivity contribution in [3.8, 4) is 5.75 Å². The Morgan fingerprint density at radius 1 is 1.12 bits per heavy atom. The number of rotatable bonds is 10. The molecule has 5 heteroatoms. The third-order valence-electron chi connectivity index (χ3n) is 4.82. The van der Waals surface area contributed by atoms with Crippen LogP contribution in [0.5, 0.6) is 5.75 Å². The van der Waals surface area contributed by atoms with Crippen LogP contribution in [0.3, 0.4) is 0 Å². The Kier molecular flexibility index (Phi) is 7.55. The van der Waals surface area contributed by atoms with Crippen molar-refractivity contribution in [3.05, 3.63) is 54.0 Å². The fourth-order valence-corrected chi connectivity index (χ4v) is 3.46. The average molecular weight is 358 g/mol. The minimum atomic E-state index is 0.298. The molecule has 1 atom stereocenters. The van der Waals surface area contributed by atoms with Gasteiger partial charge >= 0.3 is 0 Å². The van der Waals surface area contributed by atoms with Crippen molar-refractivity contribution in [3.63, 3.8) is 0 Å². The fraction of sp³-hybridized carbons (Fsp3) is 0.524. The molecule has 1 aromatic heterocycles. The average Bonchev–Trinajstić information content (AvgIpc) is 3.21. The van der Waals surface area contributed by atoms with Crippen molar-refractivity contribution in [2.24, 2.45) is 0 Å². The minimum Gasteiger partial charge on any atom is -0.491 e. The quantitative estimate of drug-likeness (QED) is 0.657. The first-order valence-corrected chi connectivity index (χ1v) is 9.55. The van der Waals surface area contributed by atoms with Gasteiger partial charge in [0.05, 0.1) is 18.9 Å². The van der Waals surface area contributed by atoms with Gasteiger partial charge in [-0.2, -0.15) is 0 Å². The number of piperidine rings is 1. The van der Waals surface area contributed by atoms with Crippen LogP contribution in [0.4, 0.5) is 0 Å². The molecule has 0 bridgehead atoms. The van der Waals surface area contributed by atoms with Crippen LogP contribution in [0.15, 0.2) is 47.1 Å². The van der Waals surface area contributed by atoms with Gasteiger partial charge < -0.3 is 19.2 Å². The lowest BCUT2D eigenvalue weighted by Crippen LogP contribution is -2.38. The number of ether oxygens (including phenoxy) is 2. The predicted octanol–water partition coefficient (Wildman–Crippen LogP) is 3.62. The molecule has 1 aliphatic rings. The third kappa shape index (κ3) is 5.59. The number of hydrogen-bond donors (Lipinski definition) is 1. The minimum absolute atomic E-state index is 0.298. The lowest BCUT2D eigenvalue weighted by atomic mass is 10.1. The van der Waals surface area contributed by atoms with E-state index in [1.807, 2.05) is 18.2 Å². The number of benzene rings is 1. The molecule has 1 aliphatic heterocycles. The van der Waals surface area contributed by atoms with E-state index in [0.29, 0.717) is 19.3 Å². The maximum atomic E-state index is 5.71. The van der Waals surface area contributed by atoms with E-state index >= 15 is 0 Å². The highest BCUT2D eigenvalue weighted by molar-refractivity contribution is 5.28. The summed E-state index contributed by atoms with van der Waals surface area (Å²) in [6.07, 6.45) is 5.66. The number of nitrogens with zero attached hydrogens (tertiary/aromatic N) is 1. The van der Waals surface area contributed by atoms with E-state index < -0.39 is 0 Å². The first-order valence-electron chi connectivity index (χ1n) is 9.55. The smallest absolute Gasteiger partial charge is 0.122 e. The molecule has 0 radical (unpaired) electrons. The maximum absolute atomic E-state index is 5.71. The Labute approximate surface area is 156 Å². The zero-order valence-electron chi connectivity index (χ0n) is 15.7. The first-order chi connectivity index (χ1) is 12.9. The van der Waals surface area contributed by atoms with E-state index in [-0.39, 0.29) is 0 Å². The number of furan rings is 1. The molecule has 5 nitrogen and oxygen atoms in total. The summed E-state index contributed by atoms with van der Waals surface area (Å²) in [6, 6.07) is 12.6. The molecule has 0 spiro atoms. The van der Waals surface area contributed by atoms with Gasteiger partial charge in [0.1, 0.15) is 18.1 Å². The van der Waals surface area contributed by atoms with Crippen molar-refractivity contribution >= 4 is 0 Å². The van der Waals surface area contributed by atoms with Gasteiger partial charge in [-0.15, -0.1) is 0 Å². The summed E-state index contributed by atoms with van der Waals surface area (Å²) in [7, 11) is 1.68. The number of likely N-dealkylation sites (tertiary alicyclic amines) is 1. The van der Waals surface area contributed by atoms with Gasteiger partial charge in [0.2, 0.25) is 0 Å². The van der Waals surface area contributed by atoms with E-state index in [2.05, 4.69) is 28.4 Å². The van der Waals surface area contributed by atoms with Gasteiger partial charge in [-0.1, -0.05) is 18.6 Å². The summed E-state index contributed by atoms with van der Waals surface area (Å²) in [5.41, 5.74) is 1.22. The second-order valence-corrected chi connectivity index (χ2v) is 6.75. The molecule has 1 fully saturated rings. The molecule has 26 heavy (non-hydrogen) atoms. The van der Waals surface area contributed by atoms with Crippen molar-refractivity contribution < 1.29 is 13.9 Å². The summed E-state index contributed by atoms with van der Waals surface area (Å²) in [5.74, 6) is 1.94. The highest BCUT2D eigenvalue weighted by Crippen LogP contribution is 2.24. The van der Waals surface area contributed by atoms with Crippen LogP contribution in [0.1, 0.15) is 36.6 Å². The standard InChI is InChI=1S/C21H30N2O3/c1-24-13-14-25-19-8-5-7-18(15-19)16-22-17-20(21-9-6-12-26-21)23-10-3-2-4-11-23/h5-9,12,15,20,22H,2-4,10-11,13-14,16-17H2,1H3. The molecule has 0 amide bonds. The third-order valence-corrected chi connectivity index (χ3v) is 4.82. The summed E-state index contributed by atoms with van der Waals surface area (Å²) in [4.78, 5) is 2.54. The topological polar surface area (TPSA) is 46.9 Å². The van der Waals surface area contributed by atoms with Gasteiger partial charge in [-0.05, 0) is 55.8 Å². The lowest BCUT2D eigenvalue weighted by Gasteiger charge is -2.33. The number of methoxy groups -OCH3 is 1. The second-order valence-electron chi connectivity index (χ2n) is 6.75. The van der Waals surface area contributed by atoms with Crippen LogP contribution >= 0.6 is 0 Å². The van der Waals surface area contributed by atoms with Gasteiger partial charge in [-0.25, -0.2) is 0 Å². The van der Waals surface area contributed by atoms with Crippen molar-refractivity contribution in [2.45, 2.75) is 31.8 Å². The Hall–Kier alpha value is -1.82. The normalized spacial score (nSPS) is 16.5. The Morgan fingerprint density at radius 3 is 2.77 bits per heavy atom. The van der Waals surface area contributed by atoms with E-state index in [0.717, 1.165) is 37.7 Å². The number of nitrogens with one attached hydrogen (secondary N) is 1. The molecule has 2 heterocycles. The van der Waals surface area contributed by atoms with Crippen LogP contribution in [-0.4, -0.2) is 44.9 Å². The highest BCUT2D eigenvalue weighted by atomic mass is 16.5. The maximum Gasteiger partial charge on any atom is 0.122 e. The van der Waals surface area contributed by atoms with Crippen molar-refractivity contribution in [1.29, 1.82) is 0 Å². The van der Waals surface area contributed by atoms with E-state index in [9.17, 15) is 0 Å². The predicted molar refractivity (Wildman–Crippen MR) is 102 cm³/mol. The van der Waals surface area contributed by atoms with Gasteiger partial charge in [-0.3, -0.25) is 4.90 Å². The van der Waals surface area contributed by atoms with E-state index in [1.165, 1.54) is 24.8 Å². The van der Waals surface area contributed by atoms with Crippen LogP contribution in [-0.2, 0) is 11.3 Å². The summed E-state index contributed by atoms with van der Waals surface area (Å²) >= 11 is 0. The van der Waals surface area contributed by atoms with Crippen LogP contribution in [0.25, 0.3) is 0 Å². The summed E-state index contributed by atoms with van der Waals surface area (Å²) in [5, 5.41) is 3.60. The molecule has 2 aromatic rings. The SMILES string of the molecule is COCCOc1cccc(CNCC(c2ccco2)N2CCCCC2)c1.